The van der Waals surface area contributed by atoms with Crippen LogP contribution in [0.25, 0.3) is 0 Å². The maximum atomic E-state index is 12.0. The van der Waals surface area contributed by atoms with E-state index in [9.17, 15) is 8.42 Å². The Morgan fingerprint density at radius 2 is 2.10 bits per heavy atom. The molecule has 0 aliphatic heterocycles. The monoisotopic (exact) mass is 337 g/mol. The topological polar surface area (TPSA) is 104 Å². The van der Waals surface area contributed by atoms with Gasteiger partial charge in [-0.1, -0.05) is 11.6 Å². The number of nitrogens with zero attached hydrogens (tertiary/aromatic N) is 1. The molecule has 1 heterocycles. The first-order valence-electron chi connectivity index (χ1n) is 6.44. The second-order valence-electron chi connectivity index (χ2n) is 4.25. The number of unbranched alkanes of at least 4 members (excludes halogenated alkanes) is 1. The predicted molar refractivity (Wildman–Crippen MR) is 80.8 cm³/mol. The number of aromatic nitrogens is 1. The molecule has 0 unspecified atom stereocenters. The van der Waals surface area contributed by atoms with E-state index in [2.05, 4.69) is 9.71 Å². The third-order valence-corrected chi connectivity index (χ3v) is 4.32. The number of nitrogens with two attached hydrogens (primary N) is 1. The van der Waals surface area contributed by atoms with E-state index in [1.54, 1.807) is 7.11 Å². The number of anilines is 1. The van der Waals surface area contributed by atoms with E-state index in [0.29, 0.717) is 32.8 Å². The molecule has 0 amide bonds. The van der Waals surface area contributed by atoms with Gasteiger partial charge in [0.05, 0.1) is 18.2 Å². The molecule has 0 saturated carbocycles. The molecular weight excluding hydrogens is 318 g/mol. The lowest BCUT2D eigenvalue weighted by molar-refractivity contribution is 0.0689. The van der Waals surface area contributed by atoms with E-state index in [0.717, 1.165) is 6.42 Å². The second kappa shape index (κ2) is 9.16. The van der Waals surface area contributed by atoms with E-state index in [4.69, 9.17) is 26.8 Å². The van der Waals surface area contributed by atoms with Gasteiger partial charge in [-0.25, -0.2) is 18.1 Å². The van der Waals surface area contributed by atoms with Gasteiger partial charge in [0.1, 0.15) is 10.7 Å². The molecule has 0 radical (unpaired) electrons. The average molecular weight is 338 g/mol. The molecule has 0 bridgehead atoms. The molecule has 0 aromatic carbocycles. The lowest BCUT2D eigenvalue weighted by Crippen LogP contribution is -2.25. The highest BCUT2D eigenvalue weighted by Crippen LogP contribution is 2.19. The highest BCUT2D eigenvalue weighted by atomic mass is 35.5. The Labute approximate surface area is 129 Å². The van der Waals surface area contributed by atoms with Crippen molar-refractivity contribution >= 4 is 27.4 Å². The first-order valence-corrected chi connectivity index (χ1v) is 8.31. The Morgan fingerprint density at radius 1 is 1.33 bits per heavy atom. The van der Waals surface area contributed by atoms with Gasteiger partial charge in [0.15, 0.2) is 0 Å². The van der Waals surface area contributed by atoms with Crippen molar-refractivity contribution in [1.29, 1.82) is 0 Å². The summed E-state index contributed by atoms with van der Waals surface area (Å²) >= 11 is 5.76. The third kappa shape index (κ3) is 6.58. The number of pyridine rings is 1. The smallest absolute Gasteiger partial charge is 0.242 e. The second-order valence-corrected chi connectivity index (χ2v) is 6.42. The fraction of sp³-hybridized carbons (Fsp3) is 0.583. The van der Waals surface area contributed by atoms with E-state index in [1.807, 2.05) is 0 Å². The molecule has 0 aliphatic carbocycles. The van der Waals surface area contributed by atoms with Crippen molar-refractivity contribution < 1.29 is 17.9 Å². The van der Waals surface area contributed by atoms with Crippen LogP contribution in [0.4, 0.5) is 5.82 Å². The number of ether oxygens (including phenoxy) is 2. The summed E-state index contributed by atoms with van der Waals surface area (Å²) in [5.41, 5.74) is 5.44. The molecule has 0 saturated heterocycles. The van der Waals surface area contributed by atoms with Gasteiger partial charge in [-0.3, -0.25) is 0 Å². The molecule has 7 nitrogen and oxygen atoms in total. The van der Waals surface area contributed by atoms with Gasteiger partial charge in [0, 0.05) is 26.5 Å². The Hall–Kier alpha value is -0.930. The van der Waals surface area contributed by atoms with Crippen LogP contribution in [0.1, 0.15) is 12.8 Å². The predicted octanol–water partition coefficient (Wildman–Crippen LogP) is 1.04. The molecule has 3 N–H and O–H groups in total. The van der Waals surface area contributed by atoms with Crippen LogP contribution in [0.5, 0.6) is 0 Å². The molecule has 120 valence electrons. The molecule has 1 aromatic heterocycles. The minimum Gasteiger partial charge on any atom is -0.382 e. The highest BCUT2D eigenvalue weighted by Gasteiger charge is 2.15. The van der Waals surface area contributed by atoms with E-state index in [-0.39, 0.29) is 15.7 Å². The van der Waals surface area contributed by atoms with Crippen LogP contribution in [0.2, 0.25) is 5.02 Å². The summed E-state index contributed by atoms with van der Waals surface area (Å²) in [7, 11) is -2.01. The average Bonchev–Trinajstić information content (AvgIpc) is 2.44. The normalized spacial score (nSPS) is 11.7. The zero-order valence-electron chi connectivity index (χ0n) is 11.8. The van der Waals surface area contributed by atoms with Crippen molar-refractivity contribution in [1.82, 2.24) is 9.71 Å². The maximum Gasteiger partial charge on any atom is 0.242 e. The number of sulfonamides is 1. The fourth-order valence-corrected chi connectivity index (χ4v) is 2.72. The number of halogens is 1. The molecule has 21 heavy (non-hydrogen) atoms. The zero-order chi connectivity index (χ0) is 15.7. The highest BCUT2D eigenvalue weighted by molar-refractivity contribution is 7.89. The minimum atomic E-state index is -3.61. The van der Waals surface area contributed by atoms with Crippen LogP contribution < -0.4 is 10.5 Å². The van der Waals surface area contributed by atoms with Crippen molar-refractivity contribution in [3.05, 3.63) is 17.3 Å². The van der Waals surface area contributed by atoms with Gasteiger partial charge in [-0.2, -0.15) is 0 Å². The van der Waals surface area contributed by atoms with Crippen LogP contribution in [0.3, 0.4) is 0 Å². The molecule has 9 heteroatoms. The molecule has 0 fully saturated rings. The van der Waals surface area contributed by atoms with Gasteiger partial charge in [-0.15, -0.1) is 0 Å². The minimum absolute atomic E-state index is 0.00181. The van der Waals surface area contributed by atoms with Gasteiger partial charge < -0.3 is 15.2 Å². The maximum absolute atomic E-state index is 12.0. The lowest BCUT2D eigenvalue weighted by atomic mass is 10.3. The first-order chi connectivity index (χ1) is 9.97. The van der Waals surface area contributed by atoms with E-state index >= 15 is 0 Å². The summed E-state index contributed by atoms with van der Waals surface area (Å²) in [5.74, 6) is 0.101. The molecule has 1 aromatic rings. The van der Waals surface area contributed by atoms with Crippen LogP contribution >= 0.6 is 11.6 Å². The van der Waals surface area contributed by atoms with Gasteiger partial charge in [0.2, 0.25) is 10.0 Å². The van der Waals surface area contributed by atoms with Gasteiger partial charge in [-0.05, 0) is 18.9 Å². The van der Waals surface area contributed by atoms with Crippen molar-refractivity contribution in [2.45, 2.75) is 17.7 Å². The summed E-state index contributed by atoms with van der Waals surface area (Å²) in [5, 5.41) is 0.115. The van der Waals surface area contributed by atoms with Crippen LogP contribution in [0.15, 0.2) is 17.2 Å². The quantitative estimate of drug-likeness (QED) is 0.618. The van der Waals surface area contributed by atoms with Crippen LogP contribution in [-0.4, -0.2) is 46.9 Å². The Kier molecular flexibility index (Phi) is 7.91. The Bertz CT molecular complexity index is 539. The fourth-order valence-electron chi connectivity index (χ4n) is 1.44. The zero-order valence-corrected chi connectivity index (χ0v) is 13.4. The summed E-state index contributed by atoms with van der Waals surface area (Å²) in [6.07, 6.45) is 2.60. The largest absolute Gasteiger partial charge is 0.382 e. The summed E-state index contributed by atoms with van der Waals surface area (Å²) < 4.78 is 36.5. The van der Waals surface area contributed by atoms with Crippen molar-refractivity contribution in [2.75, 3.05) is 39.2 Å². The SMILES string of the molecule is COCCOCCCCNS(=O)(=O)c1cnc(N)c(Cl)c1. The molecule has 1 rings (SSSR count). The summed E-state index contributed by atoms with van der Waals surface area (Å²) in [4.78, 5) is 3.72. The molecule has 0 atom stereocenters. The van der Waals surface area contributed by atoms with Crippen molar-refractivity contribution in [3.8, 4) is 0 Å². The number of rotatable bonds is 10. The lowest BCUT2D eigenvalue weighted by Gasteiger charge is -2.08. The van der Waals surface area contributed by atoms with Crippen LogP contribution in [0, 0.1) is 0 Å². The summed E-state index contributed by atoms with van der Waals surface area (Å²) in [6, 6.07) is 1.28. The number of methoxy groups -OCH3 is 1. The number of hydrogen-bond acceptors (Lipinski definition) is 6. The van der Waals surface area contributed by atoms with E-state index in [1.165, 1.54) is 12.3 Å². The standard InChI is InChI=1S/C12H20ClN3O4S/c1-19-6-7-20-5-3-2-4-16-21(17,18)10-8-11(13)12(14)15-9-10/h8-9,16H,2-7H2,1H3,(H2,14,15). The van der Waals surface area contributed by atoms with Crippen molar-refractivity contribution in [2.24, 2.45) is 0 Å². The van der Waals surface area contributed by atoms with Crippen LogP contribution in [-0.2, 0) is 19.5 Å². The summed E-state index contributed by atoms with van der Waals surface area (Å²) in [6.45, 7) is 1.98. The van der Waals surface area contributed by atoms with Gasteiger partial charge >= 0.3 is 0 Å². The number of nitrogen functional groups attached to an aromatic ring is 1. The Morgan fingerprint density at radius 3 is 2.76 bits per heavy atom. The first kappa shape index (κ1) is 18.1. The number of nitrogens with one attached hydrogen (secondary N) is 1. The molecule has 0 aliphatic rings. The van der Waals surface area contributed by atoms with E-state index < -0.39 is 10.0 Å². The number of hydrogen-bond donors (Lipinski definition) is 2. The Balaban J connectivity index is 2.31. The van der Waals surface area contributed by atoms with Gasteiger partial charge in [0.25, 0.3) is 0 Å². The third-order valence-electron chi connectivity index (χ3n) is 2.59. The molecule has 0 spiro atoms. The molecular formula is C12H20ClN3O4S. The van der Waals surface area contributed by atoms with Crippen molar-refractivity contribution in [3.63, 3.8) is 0 Å².